The molecule has 0 saturated heterocycles. The van der Waals surface area contributed by atoms with E-state index < -0.39 is 11.4 Å². The largest absolute Gasteiger partial charge is 0.349 e. The van der Waals surface area contributed by atoms with Crippen molar-refractivity contribution >= 4 is 5.78 Å². The van der Waals surface area contributed by atoms with E-state index >= 15 is 0 Å². The van der Waals surface area contributed by atoms with E-state index in [2.05, 4.69) is 0 Å². The van der Waals surface area contributed by atoms with Crippen LogP contribution in [-0.4, -0.2) is 12.9 Å². The van der Waals surface area contributed by atoms with Gasteiger partial charge in [-0.3, -0.25) is 4.79 Å². The van der Waals surface area contributed by atoms with Crippen molar-refractivity contribution in [2.75, 3.05) is 7.11 Å². The monoisotopic (exact) mass is 260 g/mol. The third kappa shape index (κ3) is 1.60. The Morgan fingerprint density at radius 1 is 1.26 bits per heavy atom. The Morgan fingerprint density at radius 3 is 2.58 bits per heavy atom. The molecular formula is C15H13FO3. The molecule has 1 unspecified atom stereocenters. The van der Waals surface area contributed by atoms with Crippen molar-refractivity contribution in [1.29, 1.82) is 0 Å². The molecule has 1 heterocycles. The number of carbonyl (C=O) groups is 1. The molecule has 1 aliphatic carbocycles. The van der Waals surface area contributed by atoms with Gasteiger partial charge in [-0.15, -0.1) is 0 Å². The summed E-state index contributed by atoms with van der Waals surface area (Å²) in [6.45, 7) is 1.67. The standard InChI is InChI=1S/C15H13FO3/c1-14(18-2)13-11(4-3-5-12(13)16)15(19-14)8-6-10(17)7-9-15/h3-9H,1-2H3. The molecule has 3 nitrogen and oxygen atoms in total. The van der Waals surface area contributed by atoms with Crippen molar-refractivity contribution in [2.45, 2.75) is 18.3 Å². The van der Waals surface area contributed by atoms with Crippen LogP contribution in [-0.2, 0) is 25.7 Å². The van der Waals surface area contributed by atoms with Gasteiger partial charge in [-0.1, -0.05) is 12.1 Å². The molecule has 0 saturated carbocycles. The predicted molar refractivity (Wildman–Crippen MR) is 66.8 cm³/mol. The summed E-state index contributed by atoms with van der Waals surface area (Å²) in [5, 5.41) is 0. The molecule has 0 fully saturated rings. The van der Waals surface area contributed by atoms with E-state index in [0.717, 1.165) is 0 Å². The van der Waals surface area contributed by atoms with Crippen LogP contribution in [0.2, 0.25) is 0 Å². The summed E-state index contributed by atoms with van der Waals surface area (Å²) in [6, 6.07) is 4.78. The summed E-state index contributed by atoms with van der Waals surface area (Å²) >= 11 is 0. The molecule has 0 bridgehead atoms. The van der Waals surface area contributed by atoms with Crippen molar-refractivity contribution in [3.63, 3.8) is 0 Å². The van der Waals surface area contributed by atoms with Gasteiger partial charge in [0, 0.05) is 12.7 Å². The number of fused-ring (bicyclic) bond motifs is 2. The zero-order valence-corrected chi connectivity index (χ0v) is 10.6. The molecule has 1 aromatic rings. The third-order valence-corrected chi connectivity index (χ3v) is 3.63. The minimum atomic E-state index is -1.17. The van der Waals surface area contributed by atoms with Gasteiger partial charge < -0.3 is 9.47 Å². The number of hydrogen-bond acceptors (Lipinski definition) is 3. The lowest BCUT2D eigenvalue weighted by Crippen LogP contribution is -2.30. The summed E-state index contributed by atoms with van der Waals surface area (Å²) in [6.07, 6.45) is 6.13. The van der Waals surface area contributed by atoms with Gasteiger partial charge >= 0.3 is 0 Å². The number of benzene rings is 1. The number of halogens is 1. The minimum Gasteiger partial charge on any atom is -0.349 e. The molecule has 2 aliphatic rings. The zero-order chi connectivity index (χ0) is 13.7. The van der Waals surface area contributed by atoms with Crippen LogP contribution in [0.15, 0.2) is 42.5 Å². The highest BCUT2D eigenvalue weighted by Gasteiger charge is 2.51. The van der Waals surface area contributed by atoms with Gasteiger partial charge in [0.2, 0.25) is 0 Å². The first-order valence-electron chi connectivity index (χ1n) is 5.98. The van der Waals surface area contributed by atoms with E-state index in [1.54, 1.807) is 31.2 Å². The first kappa shape index (κ1) is 12.3. The molecule has 0 N–H and O–H groups in total. The molecule has 0 amide bonds. The van der Waals surface area contributed by atoms with Crippen LogP contribution in [0.5, 0.6) is 0 Å². The second-order valence-electron chi connectivity index (χ2n) is 4.78. The quantitative estimate of drug-likeness (QED) is 0.778. The van der Waals surface area contributed by atoms with Gasteiger partial charge in [0.05, 0.1) is 5.56 Å². The Kier molecular flexibility index (Phi) is 2.49. The van der Waals surface area contributed by atoms with Crippen molar-refractivity contribution in [2.24, 2.45) is 0 Å². The maximum atomic E-state index is 14.1. The lowest BCUT2D eigenvalue weighted by molar-refractivity contribution is -0.240. The van der Waals surface area contributed by atoms with E-state index in [1.165, 1.54) is 25.3 Å². The molecule has 1 spiro atoms. The fourth-order valence-corrected chi connectivity index (χ4v) is 2.65. The highest BCUT2D eigenvalue weighted by molar-refractivity contribution is 6.00. The fraction of sp³-hybridized carbons (Fsp3) is 0.267. The van der Waals surface area contributed by atoms with Gasteiger partial charge in [-0.05, 0) is 37.3 Å². The molecule has 4 heteroatoms. The molecule has 19 heavy (non-hydrogen) atoms. The lowest BCUT2D eigenvalue weighted by Gasteiger charge is -2.29. The topological polar surface area (TPSA) is 35.5 Å². The summed E-state index contributed by atoms with van der Waals surface area (Å²) in [7, 11) is 1.47. The number of ketones is 1. The van der Waals surface area contributed by atoms with Gasteiger partial charge in [-0.25, -0.2) is 4.39 Å². The number of hydrogen-bond donors (Lipinski definition) is 0. The van der Waals surface area contributed by atoms with Gasteiger partial charge in [-0.2, -0.15) is 0 Å². The lowest BCUT2D eigenvalue weighted by atomic mass is 9.87. The Morgan fingerprint density at radius 2 is 1.95 bits per heavy atom. The molecule has 98 valence electrons. The Bertz CT molecular complexity index is 602. The Balaban J connectivity index is 2.25. The minimum absolute atomic E-state index is 0.113. The van der Waals surface area contributed by atoms with E-state index in [0.29, 0.717) is 11.1 Å². The SMILES string of the molecule is COC1(C)OC2(C=CC(=O)C=C2)c2cccc(F)c21. The van der Waals surface area contributed by atoms with Crippen molar-refractivity contribution in [3.8, 4) is 0 Å². The molecule has 3 rings (SSSR count). The normalized spacial score (nSPS) is 27.0. The molecule has 1 aliphatic heterocycles. The first-order chi connectivity index (χ1) is 9.01. The van der Waals surface area contributed by atoms with Crippen molar-refractivity contribution in [1.82, 2.24) is 0 Å². The average Bonchev–Trinajstić information content (AvgIpc) is 2.66. The van der Waals surface area contributed by atoms with Crippen LogP contribution in [0.1, 0.15) is 18.1 Å². The second-order valence-corrected chi connectivity index (χ2v) is 4.78. The van der Waals surface area contributed by atoms with E-state index in [-0.39, 0.29) is 11.6 Å². The maximum Gasteiger partial charge on any atom is 0.196 e. The summed E-state index contributed by atoms with van der Waals surface area (Å²) < 4.78 is 25.4. The first-order valence-corrected chi connectivity index (χ1v) is 5.98. The zero-order valence-electron chi connectivity index (χ0n) is 10.6. The number of carbonyl (C=O) groups excluding carboxylic acids is 1. The number of allylic oxidation sites excluding steroid dienone is 2. The van der Waals surface area contributed by atoms with E-state index in [4.69, 9.17) is 9.47 Å². The van der Waals surface area contributed by atoms with E-state index in [1.807, 2.05) is 0 Å². The Hall–Kier alpha value is -1.78. The van der Waals surface area contributed by atoms with Crippen LogP contribution in [0.4, 0.5) is 4.39 Å². The Labute approximate surface area is 110 Å². The number of methoxy groups -OCH3 is 1. The van der Waals surface area contributed by atoms with Crippen LogP contribution in [0.3, 0.4) is 0 Å². The van der Waals surface area contributed by atoms with Crippen LogP contribution < -0.4 is 0 Å². The molecule has 0 radical (unpaired) electrons. The highest BCUT2D eigenvalue weighted by Crippen LogP contribution is 2.50. The molecular weight excluding hydrogens is 247 g/mol. The smallest absolute Gasteiger partial charge is 0.196 e. The van der Waals surface area contributed by atoms with Crippen LogP contribution >= 0.6 is 0 Å². The van der Waals surface area contributed by atoms with Gasteiger partial charge in [0.25, 0.3) is 0 Å². The summed E-state index contributed by atoms with van der Waals surface area (Å²) in [5.41, 5.74) is 0.105. The molecule has 1 aromatic carbocycles. The second kappa shape index (κ2) is 3.85. The number of rotatable bonds is 1. The summed E-state index contributed by atoms with van der Waals surface area (Å²) in [5.74, 6) is -1.66. The highest BCUT2D eigenvalue weighted by atomic mass is 19.1. The third-order valence-electron chi connectivity index (χ3n) is 3.63. The van der Waals surface area contributed by atoms with Crippen LogP contribution in [0.25, 0.3) is 0 Å². The number of ether oxygens (including phenoxy) is 2. The fourth-order valence-electron chi connectivity index (χ4n) is 2.65. The van der Waals surface area contributed by atoms with Gasteiger partial charge in [0.1, 0.15) is 11.4 Å². The van der Waals surface area contributed by atoms with Crippen LogP contribution in [0, 0.1) is 5.82 Å². The molecule has 0 aromatic heterocycles. The van der Waals surface area contributed by atoms with Gasteiger partial charge in [0.15, 0.2) is 11.6 Å². The summed E-state index contributed by atoms with van der Waals surface area (Å²) in [4.78, 5) is 11.3. The van der Waals surface area contributed by atoms with Crippen molar-refractivity contribution < 1.29 is 18.7 Å². The average molecular weight is 260 g/mol. The predicted octanol–water partition coefficient (Wildman–Crippen LogP) is 2.57. The van der Waals surface area contributed by atoms with Crippen molar-refractivity contribution in [3.05, 3.63) is 59.4 Å². The maximum absolute atomic E-state index is 14.1. The molecule has 1 atom stereocenters. The van der Waals surface area contributed by atoms with E-state index in [9.17, 15) is 9.18 Å².